The van der Waals surface area contributed by atoms with Crippen molar-refractivity contribution in [2.75, 3.05) is 5.32 Å². The fraction of sp³-hybridized carbons (Fsp3) is 0.278. The van der Waals surface area contributed by atoms with Gasteiger partial charge in [-0.1, -0.05) is 23.7 Å². The van der Waals surface area contributed by atoms with Gasteiger partial charge in [0.15, 0.2) is 0 Å². The monoisotopic (exact) mass is 377 g/mol. The van der Waals surface area contributed by atoms with Crippen molar-refractivity contribution >= 4 is 23.2 Å². The second kappa shape index (κ2) is 8.01. The molecule has 1 heterocycles. The lowest BCUT2D eigenvalue weighted by Gasteiger charge is -2.20. The van der Waals surface area contributed by atoms with Crippen molar-refractivity contribution in [1.82, 2.24) is 21.7 Å². The van der Waals surface area contributed by atoms with Gasteiger partial charge >= 0.3 is 0 Å². The zero-order valence-corrected chi connectivity index (χ0v) is 15.2. The number of carbonyl (C=O) groups is 1. The maximum absolute atomic E-state index is 13.2. The molecule has 8 heteroatoms. The molecule has 2 aromatic rings. The summed E-state index contributed by atoms with van der Waals surface area (Å²) >= 11 is 5.76. The Morgan fingerprint density at radius 1 is 1.15 bits per heavy atom. The molecular weight excluding hydrogens is 357 g/mol. The van der Waals surface area contributed by atoms with E-state index in [1.165, 1.54) is 23.3 Å². The van der Waals surface area contributed by atoms with Crippen LogP contribution in [0.5, 0.6) is 0 Å². The molecule has 0 spiro atoms. The van der Waals surface area contributed by atoms with E-state index in [2.05, 4.69) is 27.0 Å². The van der Waals surface area contributed by atoms with Crippen molar-refractivity contribution in [1.29, 1.82) is 0 Å². The molecule has 1 fully saturated rings. The van der Waals surface area contributed by atoms with E-state index in [9.17, 15) is 9.18 Å². The van der Waals surface area contributed by atoms with Crippen LogP contribution in [-0.4, -0.2) is 18.1 Å². The Balaban J connectivity index is 1.60. The van der Waals surface area contributed by atoms with Gasteiger partial charge in [0.2, 0.25) is 5.91 Å². The maximum atomic E-state index is 13.2. The summed E-state index contributed by atoms with van der Waals surface area (Å²) in [5.41, 5.74) is 12.7. The minimum atomic E-state index is -0.535. The number of halogens is 2. The van der Waals surface area contributed by atoms with Crippen LogP contribution in [0.15, 0.2) is 36.4 Å². The van der Waals surface area contributed by atoms with Gasteiger partial charge in [-0.3, -0.25) is 4.79 Å². The first kappa shape index (κ1) is 18.6. The van der Waals surface area contributed by atoms with Gasteiger partial charge in [0.1, 0.15) is 18.0 Å². The first-order valence-corrected chi connectivity index (χ1v) is 8.63. The number of hydrazine groups is 2. The summed E-state index contributed by atoms with van der Waals surface area (Å²) in [7, 11) is 0. The zero-order valence-electron chi connectivity index (χ0n) is 14.5. The molecule has 5 N–H and O–H groups in total. The first-order valence-electron chi connectivity index (χ1n) is 8.25. The van der Waals surface area contributed by atoms with E-state index < -0.39 is 11.9 Å². The van der Waals surface area contributed by atoms with Crippen molar-refractivity contribution in [3.8, 4) is 0 Å². The highest BCUT2D eigenvalue weighted by atomic mass is 35.5. The van der Waals surface area contributed by atoms with Crippen molar-refractivity contribution in [3.05, 3.63) is 63.9 Å². The number of hydrogen-bond acceptors (Lipinski definition) is 5. The second-order valence-electron chi connectivity index (χ2n) is 6.28. The fourth-order valence-corrected chi connectivity index (χ4v) is 2.86. The molecule has 1 saturated heterocycles. The number of amides is 1. The molecule has 26 heavy (non-hydrogen) atoms. The number of aryl methyl sites for hydroxylation is 2. The van der Waals surface area contributed by atoms with Gasteiger partial charge in [-0.25, -0.2) is 15.2 Å². The molecule has 138 valence electrons. The highest BCUT2D eigenvalue weighted by molar-refractivity contribution is 6.30. The van der Waals surface area contributed by atoms with E-state index in [1.807, 2.05) is 32.0 Å². The van der Waals surface area contributed by atoms with Crippen LogP contribution >= 0.6 is 11.6 Å². The van der Waals surface area contributed by atoms with E-state index in [0.29, 0.717) is 0 Å². The van der Waals surface area contributed by atoms with E-state index in [-0.39, 0.29) is 23.6 Å². The highest BCUT2D eigenvalue weighted by Crippen LogP contribution is 2.17. The number of hydrogen-bond donors (Lipinski definition) is 5. The van der Waals surface area contributed by atoms with Gasteiger partial charge in [-0.15, -0.1) is 0 Å². The molecule has 0 aromatic heterocycles. The van der Waals surface area contributed by atoms with Gasteiger partial charge in [0.05, 0.1) is 5.02 Å². The lowest BCUT2D eigenvalue weighted by molar-refractivity contribution is -0.123. The summed E-state index contributed by atoms with van der Waals surface area (Å²) in [5.74, 6) is -0.686. The third-order valence-electron chi connectivity index (χ3n) is 4.35. The predicted octanol–water partition coefficient (Wildman–Crippen LogP) is 2.13. The Bertz CT molecular complexity index is 816. The van der Waals surface area contributed by atoms with Crippen molar-refractivity contribution in [3.63, 3.8) is 0 Å². The average Bonchev–Trinajstić information content (AvgIpc) is 3.07. The molecule has 0 aliphatic carbocycles. The Morgan fingerprint density at radius 3 is 2.69 bits per heavy atom. The quantitative estimate of drug-likeness (QED) is 0.552. The van der Waals surface area contributed by atoms with Crippen LogP contribution in [0.25, 0.3) is 0 Å². The minimum absolute atomic E-state index is 0.0355. The predicted molar refractivity (Wildman–Crippen MR) is 99.8 cm³/mol. The second-order valence-corrected chi connectivity index (χ2v) is 6.69. The first-order chi connectivity index (χ1) is 12.4. The smallest absolute Gasteiger partial charge is 0.242 e. The van der Waals surface area contributed by atoms with E-state index in [4.69, 9.17) is 11.6 Å². The van der Waals surface area contributed by atoms with Crippen LogP contribution in [0.3, 0.4) is 0 Å². The largest absolute Gasteiger partial charge is 0.367 e. The third-order valence-corrected chi connectivity index (χ3v) is 4.64. The summed E-state index contributed by atoms with van der Waals surface area (Å²) in [6, 6.07) is 9.87. The van der Waals surface area contributed by atoms with Crippen molar-refractivity contribution in [2.45, 2.75) is 32.6 Å². The summed E-state index contributed by atoms with van der Waals surface area (Å²) < 4.78 is 13.2. The van der Waals surface area contributed by atoms with Gasteiger partial charge < -0.3 is 10.6 Å². The lowest BCUT2D eigenvalue weighted by atomic mass is 10.1. The number of rotatable bonds is 5. The fourth-order valence-electron chi connectivity index (χ4n) is 2.66. The molecule has 0 saturated carbocycles. The molecule has 0 bridgehead atoms. The van der Waals surface area contributed by atoms with E-state index in [1.54, 1.807) is 6.07 Å². The van der Waals surface area contributed by atoms with Crippen LogP contribution in [0.1, 0.15) is 16.7 Å². The molecule has 1 aliphatic rings. The van der Waals surface area contributed by atoms with Gasteiger partial charge in [-0.05, 0) is 54.8 Å². The van der Waals surface area contributed by atoms with Crippen LogP contribution in [0, 0.1) is 19.7 Å². The number of nitrogens with one attached hydrogen (secondary N) is 5. The summed E-state index contributed by atoms with van der Waals surface area (Å²) in [5, 5.41) is 6.14. The highest BCUT2D eigenvalue weighted by Gasteiger charge is 2.32. The SMILES string of the molecule is Cc1ccc(NC2NNNC2C(=O)NCc2ccc(F)c(Cl)c2)cc1C. The average molecular weight is 378 g/mol. The summed E-state index contributed by atoms with van der Waals surface area (Å²) in [6.07, 6.45) is -0.339. The van der Waals surface area contributed by atoms with E-state index >= 15 is 0 Å². The number of carbonyl (C=O) groups excluding carboxylic acids is 1. The molecule has 6 nitrogen and oxygen atoms in total. The third kappa shape index (κ3) is 4.31. The normalized spacial score (nSPS) is 19.4. The Hall–Kier alpha value is -2.19. The molecule has 3 rings (SSSR count). The molecule has 1 amide bonds. The standard InChI is InChI=1S/C18H21ClFN5O/c1-10-3-5-13(7-11(10)2)22-17-16(23-25-24-17)18(26)21-9-12-4-6-15(20)14(19)8-12/h3-8,16-17,22-25H,9H2,1-2H3,(H,21,26). The van der Waals surface area contributed by atoms with Crippen LogP contribution in [0.2, 0.25) is 5.02 Å². The molecule has 2 atom stereocenters. The van der Waals surface area contributed by atoms with Gasteiger partial charge in [0, 0.05) is 12.2 Å². The molecular formula is C18H21ClFN5O. The number of anilines is 1. The van der Waals surface area contributed by atoms with E-state index in [0.717, 1.165) is 11.3 Å². The molecule has 1 aliphatic heterocycles. The molecule has 2 unspecified atom stereocenters. The van der Waals surface area contributed by atoms with Crippen LogP contribution in [0.4, 0.5) is 10.1 Å². The topological polar surface area (TPSA) is 77.2 Å². The van der Waals surface area contributed by atoms with Crippen molar-refractivity contribution in [2.24, 2.45) is 0 Å². The van der Waals surface area contributed by atoms with Crippen LogP contribution in [-0.2, 0) is 11.3 Å². The zero-order chi connectivity index (χ0) is 18.7. The maximum Gasteiger partial charge on any atom is 0.242 e. The Morgan fingerprint density at radius 2 is 1.96 bits per heavy atom. The Kier molecular flexibility index (Phi) is 5.73. The van der Waals surface area contributed by atoms with Crippen molar-refractivity contribution < 1.29 is 9.18 Å². The van der Waals surface area contributed by atoms with Crippen LogP contribution < -0.4 is 27.0 Å². The summed E-state index contributed by atoms with van der Waals surface area (Å²) in [6.45, 7) is 4.35. The Labute approximate surface area is 156 Å². The van der Waals surface area contributed by atoms with Gasteiger partial charge in [0.25, 0.3) is 0 Å². The lowest BCUT2D eigenvalue weighted by Crippen LogP contribution is -2.50. The van der Waals surface area contributed by atoms with Gasteiger partial charge in [-0.2, -0.15) is 5.53 Å². The minimum Gasteiger partial charge on any atom is -0.367 e. The molecule has 0 radical (unpaired) electrons. The summed E-state index contributed by atoms with van der Waals surface area (Å²) in [4.78, 5) is 12.5. The number of benzene rings is 2. The molecule has 2 aromatic carbocycles.